The van der Waals surface area contributed by atoms with Crippen LogP contribution < -0.4 is 4.90 Å². The van der Waals surface area contributed by atoms with E-state index in [1.54, 1.807) is 6.07 Å². The summed E-state index contributed by atoms with van der Waals surface area (Å²) in [6.07, 6.45) is 0. The molecule has 0 bridgehead atoms. The van der Waals surface area contributed by atoms with Crippen molar-refractivity contribution in [2.45, 2.75) is 44.3 Å². The lowest BCUT2D eigenvalue weighted by Gasteiger charge is -2.40. The molecule has 3 rings (SSSR count). The van der Waals surface area contributed by atoms with Crippen molar-refractivity contribution in [2.24, 2.45) is 0 Å². The van der Waals surface area contributed by atoms with Crippen molar-refractivity contribution in [3.63, 3.8) is 0 Å². The maximum atomic E-state index is 13.1. The second-order valence-electron chi connectivity index (χ2n) is 8.63. The number of hydrogen-bond donors (Lipinski definition) is 1. The van der Waals surface area contributed by atoms with Crippen LogP contribution in [0.4, 0.5) is 5.82 Å². The number of rotatable bonds is 5. The van der Waals surface area contributed by atoms with Gasteiger partial charge in [0.05, 0.1) is 5.75 Å². The topological polar surface area (TPSA) is 86.6 Å². The molecule has 1 aromatic carbocycles. The molecule has 1 aliphatic heterocycles. The Hall–Kier alpha value is -2.32. The molecule has 1 atom stereocenters. The average molecular weight is 463 g/mol. The minimum atomic E-state index is -0.939. The van der Waals surface area contributed by atoms with E-state index >= 15 is 0 Å². The Morgan fingerprint density at radius 1 is 1.19 bits per heavy atom. The van der Waals surface area contributed by atoms with Crippen LogP contribution in [0.25, 0.3) is 0 Å². The predicted molar refractivity (Wildman–Crippen MR) is 123 cm³/mol. The maximum Gasteiger partial charge on any atom is 0.313 e. The molecule has 1 unspecified atom stereocenters. The van der Waals surface area contributed by atoms with Crippen molar-refractivity contribution in [3.8, 4) is 0 Å². The van der Waals surface area contributed by atoms with Crippen LogP contribution in [0.3, 0.4) is 0 Å². The highest BCUT2D eigenvalue weighted by Gasteiger charge is 2.29. The molecule has 2 heterocycles. The van der Waals surface area contributed by atoms with E-state index in [9.17, 15) is 9.59 Å². The summed E-state index contributed by atoms with van der Waals surface area (Å²) in [6.45, 7) is 10.2. The van der Waals surface area contributed by atoms with Crippen LogP contribution in [-0.4, -0.2) is 63.3 Å². The Morgan fingerprint density at radius 2 is 1.87 bits per heavy atom. The van der Waals surface area contributed by atoms with Gasteiger partial charge in [0.2, 0.25) is 0 Å². The second-order valence-corrected chi connectivity index (χ2v) is 9.96. The summed E-state index contributed by atoms with van der Waals surface area (Å²) < 4.78 is 0. The summed E-state index contributed by atoms with van der Waals surface area (Å²) in [4.78, 5) is 36.4. The molecule has 9 heteroatoms. The lowest BCUT2D eigenvalue weighted by Crippen LogP contribution is -2.54. The zero-order valence-electron chi connectivity index (χ0n) is 18.1. The molecule has 1 saturated heterocycles. The van der Waals surface area contributed by atoms with Gasteiger partial charge in [-0.25, -0.2) is 9.97 Å². The number of piperazine rings is 1. The number of halogens is 1. The Morgan fingerprint density at radius 3 is 2.45 bits per heavy atom. The Labute approximate surface area is 191 Å². The summed E-state index contributed by atoms with van der Waals surface area (Å²) in [5.74, 6) is -0.411. The molecular weight excluding hydrogens is 436 g/mol. The fourth-order valence-electron chi connectivity index (χ4n) is 3.48. The molecule has 1 aromatic heterocycles. The first-order valence-corrected chi connectivity index (χ1v) is 11.5. The van der Waals surface area contributed by atoms with Crippen LogP contribution in [0.2, 0.25) is 5.15 Å². The summed E-state index contributed by atoms with van der Waals surface area (Å²) in [5.41, 5.74) is 1.92. The van der Waals surface area contributed by atoms with Crippen LogP contribution in [0.15, 0.2) is 35.5 Å². The van der Waals surface area contributed by atoms with Crippen molar-refractivity contribution in [2.75, 3.05) is 30.3 Å². The number of carboxylic acids is 1. The van der Waals surface area contributed by atoms with E-state index in [1.165, 1.54) is 5.56 Å². The number of aliphatic carboxylic acids is 1. The molecule has 31 heavy (non-hydrogen) atoms. The first-order valence-electron chi connectivity index (χ1n) is 10.1. The highest BCUT2D eigenvalue weighted by molar-refractivity contribution is 7.99. The zero-order valence-corrected chi connectivity index (χ0v) is 19.7. The van der Waals surface area contributed by atoms with Crippen LogP contribution in [0, 0.1) is 0 Å². The van der Waals surface area contributed by atoms with Gasteiger partial charge < -0.3 is 14.9 Å². The zero-order chi connectivity index (χ0) is 22.8. The molecule has 166 valence electrons. The number of anilines is 1. The lowest BCUT2D eigenvalue weighted by atomic mass is 9.86. The van der Waals surface area contributed by atoms with Gasteiger partial charge in [0.15, 0.2) is 5.16 Å². The summed E-state index contributed by atoms with van der Waals surface area (Å²) in [7, 11) is 0. The largest absolute Gasteiger partial charge is 0.481 e. The van der Waals surface area contributed by atoms with E-state index in [1.807, 2.05) is 36.1 Å². The van der Waals surface area contributed by atoms with Crippen LogP contribution in [0.5, 0.6) is 0 Å². The first-order chi connectivity index (χ1) is 14.5. The number of aromatic nitrogens is 2. The third kappa shape index (κ3) is 5.89. The fraction of sp³-hybridized carbons (Fsp3) is 0.455. The number of thioether (sulfide) groups is 1. The first kappa shape index (κ1) is 23.3. The van der Waals surface area contributed by atoms with Crippen LogP contribution in [-0.2, 0) is 10.2 Å². The van der Waals surface area contributed by atoms with Crippen molar-refractivity contribution in [1.29, 1.82) is 0 Å². The minimum Gasteiger partial charge on any atom is -0.481 e. The number of benzene rings is 1. The molecule has 0 aliphatic carbocycles. The lowest BCUT2D eigenvalue weighted by molar-refractivity contribution is -0.133. The number of nitrogens with zero attached hydrogens (tertiary/aromatic N) is 4. The minimum absolute atomic E-state index is 0.0195. The Bertz CT molecular complexity index is 962. The van der Waals surface area contributed by atoms with Crippen molar-refractivity contribution < 1.29 is 14.7 Å². The highest BCUT2D eigenvalue weighted by Crippen LogP contribution is 2.26. The highest BCUT2D eigenvalue weighted by atomic mass is 35.5. The molecule has 0 spiro atoms. The molecule has 1 N–H and O–H groups in total. The van der Waals surface area contributed by atoms with Gasteiger partial charge in [-0.05, 0) is 30.0 Å². The molecule has 1 amide bonds. The maximum absolute atomic E-state index is 13.1. The number of carboxylic acid groups (broad SMARTS) is 1. The molecule has 7 nitrogen and oxygen atoms in total. The van der Waals surface area contributed by atoms with E-state index in [4.69, 9.17) is 16.7 Å². The molecule has 2 aromatic rings. The molecule has 0 saturated carbocycles. The monoisotopic (exact) mass is 462 g/mol. The summed E-state index contributed by atoms with van der Waals surface area (Å²) >= 11 is 7.15. The standard InChI is InChI=1S/C22H27ClN4O3S/c1-14-12-26(18-11-17(23)24-21(25-18)31-13-19(28)29)9-10-27(14)20(30)15-5-7-16(8-6-15)22(2,3)4/h5-8,11,14H,9-10,12-13H2,1-4H3,(H,28,29). The number of hydrogen-bond acceptors (Lipinski definition) is 6. The quantitative estimate of drug-likeness (QED) is 0.409. The van der Waals surface area contributed by atoms with Crippen LogP contribution >= 0.6 is 23.4 Å². The summed E-state index contributed by atoms with van der Waals surface area (Å²) in [6, 6.07) is 9.49. The predicted octanol–water partition coefficient (Wildman–Crippen LogP) is 3.96. The molecular formula is C22H27ClN4O3S. The van der Waals surface area contributed by atoms with Gasteiger partial charge in [-0.2, -0.15) is 0 Å². The average Bonchev–Trinajstić information content (AvgIpc) is 2.71. The third-order valence-electron chi connectivity index (χ3n) is 5.20. The van der Waals surface area contributed by atoms with Crippen molar-refractivity contribution >= 4 is 41.1 Å². The Kier molecular flexibility index (Phi) is 7.11. The fourth-order valence-corrected chi connectivity index (χ4v) is 4.29. The normalized spacial score (nSPS) is 17.0. The molecule has 0 radical (unpaired) electrons. The number of carbonyl (C=O) groups is 2. The van der Waals surface area contributed by atoms with Gasteiger partial charge in [-0.15, -0.1) is 0 Å². The third-order valence-corrected chi connectivity index (χ3v) is 6.22. The van der Waals surface area contributed by atoms with Gasteiger partial charge >= 0.3 is 5.97 Å². The number of carbonyl (C=O) groups excluding carboxylic acids is 1. The van der Waals surface area contributed by atoms with Gasteiger partial charge in [-0.1, -0.05) is 56.3 Å². The van der Waals surface area contributed by atoms with Crippen molar-refractivity contribution in [1.82, 2.24) is 14.9 Å². The SMILES string of the molecule is CC1CN(c2cc(Cl)nc(SCC(=O)O)n2)CCN1C(=O)c1ccc(C(C)(C)C)cc1. The van der Waals surface area contributed by atoms with Crippen LogP contribution in [0.1, 0.15) is 43.6 Å². The molecule has 1 fully saturated rings. The van der Waals surface area contributed by atoms with E-state index < -0.39 is 5.97 Å². The smallest absolute Gasteiger partial charge is 0.313 e. The van der Waals surface area contributed by atoms with E-state index in [0.29, 0.717) is 36.2 Å². The van der Waals surface area contributed by atoms with Gasteiger partial charge in [0, 0.05) is 37.3 Å². The van der Waals surface area contributed by atoms with Gasteiger partial charge in [0.1, 0.15) is 11.0 Å². The van der Waals surface area contributed by atoms with Crippen molar-refractivity contribution in [3.05, 3.63) is 46.6 Å². The number of amides is 1. The Balaban J connectivity index is 1.69. The van der Waals surface area contributed by atoms with E-state index in [-0.39, 0.29) is 28.3 Å². The molecule has 1 aliphatic rings. The van der Waals surface area contributed by atoms with E-state index in [2.05, 4.69) is 35.6 Å². The summed E-state index contributed by atoms with van der Waals surface area (Å²) in [5, 5.41) is 9.46. The van der Waals surface area contributed by atoms with Gasteiger partial charge in [0.25, 0.3) is 5.91 Å². The van der Waals surface area contributed by atoms with Gasteiger partial charge in [-0.3, -0.25) is 9.59 Å². The van der Waals surface area contributed by atoms with E-state index in [0.717, 1.165) is 11.8 Å². The second kappa shape index (κ2) is 9.44.